The van der Waals surface area contributed by atoms with Crippen LogP contribution in [0.4, 0.5) is 5.69 Å². The summed E-state index contributed by atoms with van der Waals surface area (Å²) in [5.74, 6) is -0.424. The fourth-order valence-corrected chi connectivity index (χ4v) is 2.84. The van der Waals surface area contributed by atoms with E-state index in [9.17, 15) is 15.0 Å². The number of aromatic hydroxyl groups is 1. The number of nitrogen functional groups attached to an aromatic ring is 1. The van der Waals surface area contributed by atoms with Crippen molar-refractivity contribution in [1.29, 1.82) is 0 Å². The van der Waals surface area contributed by atoms with E-state index in [0.717, 1.165) is 25.7 Å². The van der Waals surface area contributed by atoms with Crippen LogP contribution in [0, 0.1) is 0 Å². The molecular weight excluding hydrogens is 256 g/mol. The number of hydrogen-bond acceptors (Lipinski definition) is 4. The summed E-state index contributed by atoms with van der Waals surface area (Å²) in [6.07, 6.45) is 5.30. The summed E-state index contributed by atoms with van der Waals surface area (Å²) < 4.78 is 0. The van der Waals surface area contributed by atoms with Gasteiger partial charge in [0.2, 0.25) is 0 Å². The van der Waals surface area contributed by atoms with Gasteiger partial charge in [-0.15, -0.1) is 0 Å². The second kappa shape index (κ2) is 6.61. The molecule has 0 atom stereocenters. The molecule has 0 bridgehead atoms. The van der Waals surface area contributed by atoms with E-state index in [4.69, 9.17) is 5.73 Å². The number of amides is 1. The Labute approximate surface area is 119 Å². The zero-order valence-electron chi connectivity index (χ0n) is 11.6. The van der Waals surface area contributed by atoms with Crippen molar-refractivity contribution >= 4 is 11.6 Å². The lowest BCUT2D eigenvalue weighted by atomic mass is 9.93. The average molecular weight is 278 g/mol. The number of carbonyl (C=O) groups is 1. The number of phenolic OH excluding ortho intramolecular Hbond substituents is 1. The fraction of sp³-hybridized carbons (Fsp3) is 0.533. The third kappa shape index (κ3) is 3.04. The second-order valence-electron chi connectivity index (χ2n) is 5.26. The first-order valence-electron chi connectivity index (χ1n) is 7.14. The Morgan fingerprint density at radius 3 is 2.65 bits per heavy atom. The molecule has 1 amide bonds. The quantitative estimate of drug-likeness (QED) is 0.578. The molecule has 5 heteroatoms. The molecule has 1 aliphatic rings. The molecule has 110 valence electrons. The summed E-state index contributed by atoms with van der Waals surface area (Å²) in [6.45, 7) is 0.211. The number of benzene rings is 1. The van der Waals surface area contributed by atoms with Crippen molar-refractivity contribution in [2.24, 2.45) is 0 Å². The Morgan fingerprint density at radius 1 is 1.30 bits per heavy atom. The lowest BCUT2D eigenvalue weighted by Crippen LogP contribution is -2.43. The number of aliphatic hydroxyl groups is 1. The average Bonchev–Trinajstić information content (AvgIpc) is 2.48. The summed E-state index contributed by atoms with van der Waals surface area (Å²) in [7, 11) is 0. The number of para-hydroxylation sites is 1. The lowest BCUT2D eigenvalue weighted by molar-refractivity contribution is 0.0582. The molecule has 0 heterocycles. The van der Waals surface area contributed by atoms with Gasteiger partial charge >= 0.3 is 0 Å². The molecule has 0 radical (unpaired) electrons. The highest BCUT2D eigenvalue weighted by Gasteiger charge is 2.27. The Bertz CT molecular complexity index is 470. The number of phenols is 1. The van der Waals surface area contributed by atoms with Crippen LogP contribution in [0.1, 0.15) is 42.5 Å². The molecule has 0 aromatic heterocycles. The molecule has 1 aliphatic carbocycles. The third-order valence-electron chi connectivity index (χ3n) is 3.91. The van der Waals surface area contributed by atoms with E-state index in [1.165, 1.54) is 6.42 Å². The topological polar surface area (TPSA) is 86.8 Å². The summed E-state index contributed by atoms with van der Waals surface area (Å²) in [4.78, 5) is 14.3. The zero-order valence-corrected chi connectivity index (χ0v) is 11.6. The van der Waals surface area contributed by atoms with Crippen LogP contribution in [-0.2, 0) is 0 Å². The summed E-state index contributed by atoms with van der Waals surface area (Å²) in [5.41, 5.74) is 6.05. The first-order chi connectivity index (χ1) is 9.65. The van der Waals surface area contributed by atoms with Gasteiger partial charge in [0.25, 0.3) is 5.91 Å². The molecule has 0 aliphatic heterocycles. The molecule has 1 aromatic carbocycles. The first kappa shape index (κ1) is 14.7. The van der Waals surface area contributed by atoms with Crippen LogP contribution in [0.15, 0.2) is 18.2 Å². The molecule has 1 saturated carbocycles. The second-order valence-corrected chi connectivity index (χ2v) is 5.26. The van der Waals surface area contributed by atoms with E-state index in [1.807, 2.05) is 0 Å². The van der Waals surface area contributed by atoms with Crippen molar-refractivity contribution < 1.29 is 15.0 Å². The van der Waals surface area contributed by atoms with Gasteiger partial charge in [-0.2, -0.15) is 0 Å². The van der Waals surface area contributed by atoms with E-state index < -0.39 is 0 Å². The van der Waals surface area contributed by atoms with Crippen molar-refractivity contribution in [3.8, 4) is 5.75 Å². The minimum atomic E-state index is -0.254. The van der Waals surface area contributed by atoms with Crippen molar-refractivity contribution in [3.63, 3.8) is 0 Å². The minimum absolute atomic E-state index is 0.0781. The maximum Gasteiger partial charge on any atom is 0.258 e. The van der Waals surface area contributed by atoms with Crippen molar-refractivity contribution in [1.82, 2.24) is 4.90 Å². The monoisotopic (exact) mass is 278 g/mol. The zero-order chi connectivity index (χ0) is 14.5. The molecule has 20 heavy (non-hydrogen) atoms. The molecule has 5 nitrogen and oxygen atoms in total. The maximum absolute atomic E-state index is 12.6. The predicted octanol–water partition coefficient (Wildman–Crippen LogP) is 1.74. The van der Waals surface area contributed by atoms with Crippen LogP contribution in [0.5, 0.6) is 5.75 Å². The van der Waals surface area contributed by atoms with Crippen molar-refractivity contribution in [2.75, 3.05) is 18.9 Å². The third-order valence-corrected chi connectivity index (χ3v) is 3.91. The van der Waals surface area contributed by atoms with Crippen LogP contribution in [0.2, 0.25) is 0 Å². The van der Waals surface area contributed by atoms with Gasteiger partial charge in [0.1, 0.15) is 0 Å². The molecule has 1 fully saturated rings. The molecule has 4 N–H and O–H groups in total. The predicted molar refractivity (Wildman–Crippen MR) is 77.5 cm³/mol. The van der Waals surface area contributed by atoms with Gasteiger partial charge in [-0.3, -0.25) is 4.79 Å². The SMILES string of the molecule is Nc1cccc(C(=O)N(CCO)C2CCCCC2)c1O. The summed E-state index contributed by atoms with van der Waals surface area (Å²) in [6, 6.07) is 4.93. The normalized spacial score (nSPS) is 16.1. The fourth-order valence-electron chi connectivity index (χ4n) is 2.84. The Balaban J connectivity index is 2.23. The van der Waals surface area contributed by atoms with Crippen LogP contribution in [0.25, 0.3) is 0 Å². The molecule has 0 saturated heterocycles. The van der Waals surface area contributed by atoms with E-state index in [2.05, 4.69) is 0 Å². The van der Waals surface area contributed by atoms with E-state index >= 15 is 0 Å². The summed E-state index contributed by atoms with van der Waals surface area (Å²) >= 11 is 0. The number of rotatable bonds is 4. The molecule has 0 spiro atoms. The number of hydrogen-bond donors (Lipinski definition) is 3. The number of carbonyl (C=O) groups excluding carboxylic acids is 1. The number of nitrogens with two attached hydrogens (primary N) is 1. The highest BCUT2D eigenvalue weighted by molar-refractivity contribution is 5.98. The largest absolute Gasteiger partial charge is 0.505 e. The maximum atomic E-state index is 12.6. The van der Waals surface area contributed by atoms with E-state index in [-0.39, 0.29) is 42.1 Å². The first-order valence-corrected chi connectivity index (χ1v) is 7.14. The van der Waals surface area contributed by atoms with Crippen LogP contribution in [-0.4, -0.2) is 40.2 Å². The van der Waals surface area contributed by atoms with Gasteiger partial charge in [0.05, 0.1) is 17.9 Å². The van der Waals surface area contributed by atoms with Crippen molar-refractivity contribution in [2.45, 2.75) is 38.1 Å². The van der Waals surface area contributed by atoms with Gasteiger partial charge in [0.15, 0.2) is 5.75 Å². The summed E-state index contributed by atoms with van der Waals surface area (Å²) in [5, 5.41) is 19.2. The molecule has 0 unspecified atom stereocenters. The molecule has 2 rings (SSSR count). The van der Waals surface area contributed by atoms with E-state index in [0.29, 0.717) is 0 Å². The Morgan fingerprint density at radius 2 is 2.00 bits per heavy atom. The van der Waals surface area contributed by atoms with Crippen molar-refractivity contribution in [3.05, 3.63) is 23.8 Å². The number of anilines is 1. The van der Waals surface area contributed by atoms with Gasteiger partial charge in [-0.05, 0) is 25.0 Å². The van der Waals surface area contributed by atoms with Gasteiger partial charge in [0, 0.05) is 12.6 Å². The molecule has 1 aromatic rings. The standard InChI is InChI=1S/C15H22N2O3/c16-13-8-4-7-12(14(13)19)15(20)17(9-10-18)11-5-2-1-3-6-11/h4,7-8,11,18-19H,1-3,5-6,9-10,16H2. The van der Waals surface area contributed by atoms with Crippen LogP contribution in [0.3, 0.4) is 0 Å². The Hall–Kier alpha value is -1.75. The number of aliphatic hydroxyl groups excluding tert-OH is 1. The van der Waals surface area contributed by atoms with Gasteiger partial charge in [-0.25, -0.2) is 0 Å². The van der Waals surface area contributed by atoms with Crippen LogP contribution >= 0.6 is 0 Å². The van der Waals surface area contributed by atoms with E-state index in [1.54, 1.807) is 23.1 Å². The van der Waals surface area contributed by atoms with Crippen LogP contribution < -0.4 is 5.73 Å². The van der Waals surface area contributed by atoms with Gasteiger partial charge < -0.3 is 20.8 Å². The highest BCUT2D eigenvalue weighted by atomic mass is 16.3. The molecular formula is C15H22N2O3. The van der Waals surface area contributed by atoms with Gasteiger partial charge in [-0.1, -0.05) is 25.3 Å². The Kier molecular flexibility index (Phi) is 4.84. The minimum Gasteiger partial charge on any atom is -0.505 e. The smallest absolute Gasteiger partial charge is 0.258 e. The number of nitrogens with zero attached hydrogens (tertiary/aromatic N) is 1. The lowest BCUT2D eigenvalue weighted by Gasteiger charge is -2.34. The highest BCUT2D eigenvalue weighted by Crippen LogP contribution is 2.29.